The third-order valence-corrected chi connectivity index (χ3v) is 7.12. The number of esters is 1. The molecule has 0 unspecified atom stereocenters. The van der Waals surface area contributed by atoms with Crippen molar-refractivity contribution in [1.29, 1.82) is 0 Å². The molecule has 1 aliphatic rings. The van der Waals surface area contributed by atoms with Crippen LogP contribution in [0.1, 0.15) is 51.4 Å². The van der Waals surface area contributed by atoms with Gasteiger partial charge in [0.15, 0.2) is 24.2 Å². The number of para-hydroxylation sites is 2. The van der Waals surface area contributed by atoms with Gasteiger partial charge in [0, 0.05) is 0 Å². The predicted octanol–water partition coefficient (Wildman–Crippen LogP) is 5.36. The Morgan fingerprint density at radius 3 is 2.70 bits per heavy atom. The highest BCUT2D eigenvalue weighted by molar-refractivity contribution is 5.76. The molecule has 3 aromatic rings. The Labute approximate surface area is 197 Å². The summed E-state index contributed by atoms with van der Waals surface area (Å²) < 4.78 is 16.4. The fourth-order valence-corrected chi connectivity index (χ4v) is 5.22. The molecule has 0 bridgehead atoms. The van der Waals surface area contributed by atoms with Crippen LogP contribution in [0.4, 0.5) is 0 Å². The van der Waals surface area contributed by atoms with Crippen molar-refractivity contribution in [2.45, 2.75) is 66.2 Å². The third-order valence-electron chi connectivity index (χ3n) is 7.12. The second-order valence-electron chi connectivity index (χ2n) is 10.0. The summed E-state index contributed by atoms with van der Waals surface area (Å²) in [6.07, 6.45) is 3.31. The van der Waals surface area contributed by atoms with E-state index in [9.17, 15) is 4.79 Å². The lowest BCUT2D eigenvalue weighted by molar-refractivity contribution is -0.655. The van der Waals surface area contributed by atoms with E-state index in [-0.39, 0.29) is 18.6 Å². The number of nitrogens with zero attached hydrogens (tertiary/aromatic N) is 2. The summed E-state index contributed by atoms with van der Waals surface area (Å²) >= 11 is 0. The van der Waals surface area contributed by atoms with E-state index in [1.54, 1.807) is 0 Å². The van der Waals surface area contributed by atoms with Gasteiger partial charge < -0.3 is 9.47 Å². The van der Waals surface area contributed by atoms with E-state index in [1.807, 2.05) is 41.9 Å². The lowest BCUT2D eigenvalue weighted by Crippen LogP contribution is -2.37. The van der Waals surface area contributed by atoms with Gasteiger partial charge in [0.05, 0.1) is 7.05 Å². The van der Waals surface area contributed by atoms with Gasteiger partial charge in [-0.15, -0.1) is 0 Å². The van der Waals surface area contributed by atoms with Crippen LogP contribution < -0.4 is 9.30 Å². The van der Waals surface area contributed by atoms with Gasteiger partial charge in [-0.05, 0) is 67.3 Å². The molecule has 1 aliphatic carbocycles. The number of fused-ring (bicyclic) bond motifs is 1. The summed E-state index contributed by atoms with van der Waals surface area (Å²) in [6, 6.07) is 16.2. The van der Waals surface area contributed by atoms with E-state index in [0.29, 0.717) is 24.4 Å². The van der Waals surface area contributed by atoms with Crippen molar-refractivity contribution in [2.24, 2.45) is 24.8 Å². The first kappa shape index (κ1) is 23.3. The van der Waals surface area contributed by atoms with Crippen LogP contribution in [0.25, 0.3) is 11.0 Å². The molecule has 4 rings (SSSR count). The molecule has 0 saturated heterocycles. The monoisotopic (exact) mass is 449 g/mol. The number of aryl methyl sites for hydroxylation is 2. The first-order chi connectivity index (χ1) is 15.8. The number of hydrogen-bond donors (Lipinski definition) is 0. The standard InChI is InChI=1S/C28H37N2O3/c1-19(2)23-14-13-21(4)16-26(23)33-28(31)17-30-25-12-7-6-11-24(25)29(5)27(30)18-32-22-10-8-9-20(3)15-22/h6-12,15,19,21,23,26H,13-14,16-18H2,1-5H3/q+1/t21-,23+,26-/m1/s1. The maximum Gasteiger partial charge on any atom is 0.348 e. The van der Waals surface area contributed by atoms with Gasteiger partial charge in [-0.3, -0.25) is 0 Å². The summed E-state index contributed by atoms with van der Waals surface area (Å²) in [4.78, 5) is 13.2. The number of carbonyl (C=O) groups excluding carboxylic acids is 1. The van der Waals surface area contributed by atoms with Crippen LogP contribution in [0, 0.1) is 24.7 Å². The van der Waals surface area contributed by atoms with Crippen molar-refractivity contribution in [1.82, 2.24) is 4.57 Å². The fourth-order valence-electron chi connectivity index (χ4n) is 5.22. The number of carbonyl (C=O) groups is 1. The molecule has 176 valence electrons. The zero-order valence-electron chi connectivity index (χ0n) is 20.6. The van der Waals surface area contributed by atoms with Crippen molar-refractivity contribution < 1.29 is 18.8 Å². The van der Waals surface area contributed by atoms with Crippen LogP contribution in [-0.4, -0.2) is 16.6 Å². The minimum absolute atomic E-state index is 0.00354. The van der Waals surface area contributed by atoms with Crippen molar-refractivity contribution in [3.05, 3.63) is 59.9 Å². The van der Waals surface area contributed by atoms with Crippen LogP contribution in [0.15, 0.2) is 48.5 Å². The smallest absolute Gasteiger partial charge is 0.348 e. The van der Waals surface area contributed by atoms with Crippen molar-refractivity contribution in [2.75, 3.05) is 0 Å². The normalized spacial score (nSPS) is 20.8. The summed E-state index contributed by atoms with van der Waals surface area (Å²) in [5, 5.41) is 0. The summed E-state index contributed by atoms with van der Waals surface area (Å²) in [5.41, 5.74) is 3.24. The molecule has 33 heavy (non-hydrogen) atoms. The Bertz CT molecular complexity index is 1120. The molecule has 5 heteroatoms. The van der Waals surface area contributed by atoms with Crippen LogP contribution >= 0.6 is 0 Å². The first-order valence-electron chi connectivity index (χ1n) is 12.2. The molecule has 1 aromatic heterocycles. The van der Waals surface area contributed by atoms with Crippen LogP contribution in [0.5, 0.6) is 5.75 Å². The number of imidazole rings is 1. The summed E-state index contributed by atoms with van der Waals surface area (Å²) in [6.45, 7) is 9.35. The Morgan fingerprint density at radius 2 is 1.94 bits per heavy atom. The van der Waals surface area contributed by atoms with Gasteiger partial charge in [0.2, 0.25) is 0 Å². The van der Waals surface area contributed by atoms with Gasteiger partial charge in [0.25, 0.3) is 5.82 Å². The van der Waals surface area contributed by atoms with E-state index in [1.165, 1.54) is 6.42 Å². The Morgan fingerprint density at radius 1 is 1.15 bits per heavy atom. The van der Waals surface area contributed by atoms with Crippen molar-refractivity contribution in [3.8, 4) is 5.75 Å². The van der Waals surface area contributed by atoms with Crippen LogP contribution in [0.3, 0.4) is 0 Å². The largest absolute Gasteiger partial charge is 0.481 e. The van der Waals surface area contributed by atoms with E-state index in [0.717, 1.165) is 41.0 Å². The topological polar surface area (TPSA) is 44.3 Å². The van der Waals surface area contributed by atoms with Gasteiger partial charge >= 0.3 is 5.97 Å². The minimum Gasteiger partial charge on any atom is -0.481 e. The molecule has 5 nitrogen and oxygen atoms in total. The van der Waals surface area contributed by atoms with Gasteiger partial charge in [0.1, 0.15) is 11.9 Å². The lowest BCUT2D eigenvalue weighted by atomic mass is 9.75. The van der Waals surface area contributed by atoms with Gasteiger partial charge in [-0.1, -0.05) is 51.5 Å². The third kappa shape index (κ3) is 5.23. The maximum atomic E-state index is 13.2. The number of ether oxygens (including phenoxy) is 2. The predicted molar refractivity (Wildman–Crippen MR) is 130 cm³/mol. The lowest BCUT2D eigenvalue weighted by Gasteiger charge is -2.36. The molecule has 0 spiro atoms. The van der Waals surface area contributed by atoms with Gasteiger partial charge in [-0.25, -0.2) is 13.9 Å². The van der Waals surface area contributed by atoms with Gasteiger partial charge in [-0.2, -0.15) is 0 Å². The molecule has 0 N–H and O–H groups in total. The second kappa shape index (κ2) is 9.98. The summed E-state index contributed by atoms with van der Waals surface area (Å²) in [5.74, 6) is 3.14. The van der Waals surface area contributed by atoms with Crippen molar-refractivity contribution in [3.63, 3.8) is 0 Å². The molecule has 3 atom stereocenters. The van der Waals surface area contributed by atoms with E-state index in [4.69, 9.17) is 9.47 Å². The first-order valence-corrected chi connectivity index (χ1v) is 12.2. The number of hydrogen-bond acceptors (Lipinski definition) is 3. The van der Waals surface area contributed by atoms with Crippen molar-refractivity contribution >= 4 is 17.0 Å². The zero-order chi connectivity index (χ0) is 23.5. The molecule has 2 aromatic carbocycles. The zero-order valence-corrected chi connectivity index (χ0v) is 20.6. The highest BCUT2D eigenvalue weighted by atomic mass is 16.5. The molecule has 0 aliphatic heterocycles. The number of benzene rings is 2. The molecular formula is C28H37N2O3+. The van der Waals surface area contributed by atoms with E-state index in [2.05, 4.69) is 50.5 Å². The van der Waals surface area contributed by atoms with Crippen LogP contribution in [0.2, 0.25) is 0 Å². The second-order valence-corrected chi connectivity index (χ2v) is 10.0. The Kier molecular flexibility index (Phi) is 7.06. The maximum absolute atomic E-state index is 13.2. The van der Waals surface area contributed by atoms with E-state index >= 15 is 0 Å². The molecule has 0 amide bonds. The highest BCUT2D eigenvalue weighted by Gasteiger charge is 2.34. The average Bonchev–Trinajstić information content (AvgIpc) is 3.03. The summed E-state index contributed by atoms with van der Waals surface area (Å²) in [7, 11) is 2.02. The number of rotatable bonds is 7. The fraction of sp³-hybridized carbons (Fsp3) is 0.500. The van der Waals surface area contributed by atoms with E-state index < -0.39 is 0 Å². The minimum atomic E-state index is -0.169. The molecular weight excluding hydrogens is 412 g/mol. The quantitative estimate of drug-likeness (QED) is 0.360. The molecule has 0 radical (unpaired) electrons. The number of aromatic nitrogens is 2. The highest BCUT2D eigenvalue weighted by Crippen LogP contribution is 2.35. The molecule has 1 fully saturated rings. The Hall–Kier alpha value is -2.82. The SMILES string of the molecule is Cc1cccc(OCc2n(CC(=O)O[C@@H]3C[C@H](C)CC[C@H]3C(C)C)c3ccccc3[n+]2C)c1. The average molecular weight is 450 g/mol. The van der Waals surface area contributed by atoms with Crippen LogP contribution in [-0.2, 0) is 29.7 Å². The molecule has 1 saturated carbocycles. The molecule has 1 heterocycles. The Balaban J connectivity index is 1.57.